The van der Waals surface area contributed by atoms with E-state index in [9.17, 15) is 9.59 Å². The van der Waals surface area contributed by atoms with E-state index in [-0.39, 0.29) is 42.3 Å². The molecule has 0 aromatic heterocycles. The Morgan fingerprint density at radius 1 is 1.22 bits per heavy atom. The summed E-state index contributed by atoms with van der Waals surface area (Å²) < 4.78 is 0. The lowest BCUT2D eigenvalue weighted by Gasteiger charge is -2.36. The van der Waals surface area contributed by atoms with E-state index in [1.165, 1.54) is 0 Å². The molecule has 146 valence electrons. The smallest absolute Gasteiger partial charge is 0.246 e. The van der Waals surface area contributed by atoms with E-state index >= 15 is 0 Å². The summed E-state index contributed by atoms with van der Waals surface area (Å²) >= 11 is 0. The molecule has 0 radical (unpaired) electrons. The third-order valence-electron chi connectivity index (χ3n) is 4.04. The average molecular weight is 483 g/mol. The fourth-order valence-electron chi connectivity index (χ4n) is 2.69. The van der Waals surface area contributed by atoms with Crippen LogP contribution in [0.4, 0.5) is 5.69 Å². The first-order valence-corrected chi connectivity index (χ1v) is 8.68. The zero-order valence-corrected chi connectivity index (χ0v) is 18.0. The van der Waals surface area contributed by atoms with Crippen LogP contribution in [-0.2, 0) is 9.59 Å². The number of halogens is 1. The van der Waals surface area contributed by atoms with Gasteiger partial charge in [-0.1, -0.05) is 12.0 Å². The molecule has 1 saturated heterocycles. The van der Waals surface area contributed by atoms with Gasteiger partial charge in [0.25, 0.3) is 0 Å². The molecule has 1 fully saturated rings. The number of nitrogens with zero attached hydrogens (tertiary/aromatic N) is 3. The van der Waals surface area contributed by atoms with Gasteiger partial charge in [-0.15, -0.1) is 30.4 Å². The van der Waals surface area contributed by atoms with Gasteiger partial charge in [-0.3, -0.25) is 9.59 Å². The second kappa shape index (κ2) is 11.4. The van der Waals surface area contributed by atoms with E-state index in [0.29, 0.717) is 49.9 Å². The molecule has 0 atom stereocenters. The largest absolute Gasteiger partial charge is 0.357 e. The van der Waals surface area contributed by atoms with E-state index in [2.05, 4.69) is 26.4 Å². The molecule has 1 aromatic rings. The number of hydrogen-bond acceptors (Lipinski definition) is 3. The number of nitrogens with one attached hydrogen (secondary N) is 2. The Balaban J connectivity index is 0.00000364. The van der Waals surface area contributed by atoms with Crippen LogP contribution in [0, 0.1) is 12.3 Å². The number of carbonyl (C=O) groups excluding carboxylic acids is 2. The van der Waals surface area contributed by atoms with Crippen molar-refractivity contribution in [2.45, 2.75) is 13.8 Å². The number of anilines is 1. The van der Waals surface area contributed by atoms with Crippen LogP contribution in [0.25, 0.3) is 0 Å². The summed E-state index contributed by atoms with van der Waals surface area (Å²) in [7, 11) is 0. The molecule has 0 unspecified atom stereocenters. The lowest BCUT2D eigenvalue weighted by Crippen LogP contribution is -2.53. The lowest BCUT2D eigenvalue weighted by molar-refractivity contribution is -0.130. The second-order valence-corrected chi connectivity index (χ2v) is 5.94. The van der Waals surface area contributed by atoms with Crippen LogP contribution in [0.2, 0.25) is 0 Å². The van der Waals surface area contributed by atoms with Crippen LogP contribution in [0.1, 0.15) is 19.4 Å². The average Bonchev–Trinajstić information content (AvgIpc) is 2.65. The van der Waals surface area contributed by atoms with Gasteiger partial charge in [0.15, 0.2) is 5.96 Å². The number of terminal acetylenes is 1. The fourth-order valence-corrected chi connectivity index (χ4v) is 2.69. The molecule has 2 amide bonds. The van der Waals surface area contributed by atoms with Gasteiger partial charge in [-0.25, -0.2) is 4.99 Å². The van der Waals surface area contributed by atoms with E-state index in [1.807, 2.05) is 11.8 Å². The van der Waals surface area contributed by atoms with E-state index in [0.717, 1.165) is 0 Å². The van der Waals surface area contributed by atoms with Crippen LogP contribution in [0.3, 0.4) is 0 Å². The Morgan fingerprint density at radius 2 is 1.89 bits per heavy atom. The maximum absolute atomic E-state index is 12.2. The minimum atomic E-state index is -0.211. The molecule has 8 heteroatoms. The minimum absolute atomic E-state index is 0. The highest BCUT2D eigenvalue weighted by molar-refractivity contribution is 14.0. The van der Waals surface area contributed by atoms with Gasteiger partial charge in [0, 0.05) is 50.9 Å². The zero-order valence-electron chi connectivity index (χ0n) is 15.7. The SMILES string of the molecule is C#Cc1cccc(NC(=O)CN=C(NCC)N2CCN(C(C)=O)CC2)c1.I. The Bertz CT molecular complexity index is 721. The molecule has 1 heterocycles. The molecule has 1 aliphatic rings. The number of hydrogen-bond donors (Lipinski definition) is 2. The quantitative estimate of drug-likeness (QED) is 0.294. The molecule has 2 N–H and O–H groups in total. The number of benzene rings is 1. The van der Waals surface area contributed by atoms with Crippen molar-refractivity contribution in [2.24, 2.45) is 4.99 Å². The molecule has 2 rings (SSSR count). The van der Waals surface area contributed by atoms with Crippen LogP contribution < -0.4 is 10.6 Å². The molecular formula is C19H26IN5O2. The molecule has 0 spiro atoms. The van der Waals surface area contributed by atoms with Gasteiger partial charge in [-0.05, 0) is 25.1 Å². The Kier molecular flexibility index (Phi) is 9.64. The van der Waals surface area contributed by atoms with E-state index in [4.69, 9.17) is 6.42 Å². The first-order chi connectivity index (χ1) is 12.5. The molecule has 27 heavy (non-hydrogen) atoms. The molecule has 0 aliphatic carbocycles. The van der Waals surface area contributed by atoms with Crippen molar-refractivity contribution in [1.82, 2.24) is 15.1 Å². The maximum Gasteiger partial charge on any atom is 0.246 e. The Morgan fingerprint density at radius 3 is 2.48 bits per heavy atom. The summed E-state index contributed by atoms with van der Waals surface area (Å²) in [4.78, 5) is 31.9. The Hall–Kier alpha value is -2.28. The predicted octanol–water partition coefficient (Wildman–Crippen LogP) is 1.35. The minimum Gasteiger partial charge on any atom is -0.357 e. The van der Waals surface area contributed by atoms with Crippen molar-refractivity contribution in [3.63, 3.8) is 0 Å². The van der Waals surface area contributed by atoms with Crippen LogP contribution >= 0.6 is 24.0 Å². The van der Waals surface area contributed by atoms with Crippen LogP contribution in [0.5, 0.6) is 0 Å². The van der Waals surface area contributed by atoms with Crippen molar-refractivity contribution >= 4 is 47.4 Å². The summed E-state index contributed by atoms with van der Waals surface area (Å²) in [6.45, 7) is 6.97. The van der Waals surface area contributed by atoms with Gasteiger partial charge in [0.1, 0.15) is 6.54 Å². The standard InChI is InChI=1S/C19H25N5O2.HI/c1-4-16-7-6-8-17(13-16)22-18(26)14-21-19(20-5-2)24-11-9-23(10-12-24)15(3)25;/h1,6-8,13H,5,9-12,14H2,2-3H3,(H,20,21)(H,22,26);1H. The lowest BCUT2D eigenvalue weighted by atomic mass is 10.2. The summed E-state index contributed by atoms with van der Waals surface area (Å²) in [6.07, 6.45) is 5.37. The molecule has 0 bridgehead atoms. The molecular weight excluding hydrogens is 457 g/mol. The molecule has 0 saturated carbocycles. The maximum atomic E-state index is 12.2. The predicted molar refractivity (Wildman–Crippen MR) is 118 cm³/mol. The third kappa shape index (κ3) is 7.09. The summed E-state index contributed by atoms with van der Waals surface area (Å²) in [5.41, 5.74) is 1.36. The normalized spacial score (nSPS) is 14.0. The third-order valence-corrected chi connectivity index (χ3v) is 4.04. The van der Waals surface area contributed by atoms with Crippen molar-refractivity contribution in [3.8, 4) is 12.3 Å². The highest BCUT2D eigenvalue weighted by Crippen LogP contribution is 2.09. The molecule has 7 nitrogen and oxygen atoms in total. The van der Waals surface area contributed by atoms with Gasteiger partial charge in [0.2, 0.25) is 11.8 Å². The number of carbonyl (C=O) groups is 2. The van der Waals surface area contributed by atoms with Gasteiger partial charge in [-0.2, -0.15) is 0 Å². The van der Waals surface area contributed by atoms with Crippen molar-refractivity contribution < 1.29 is 9.59 Å². The Labute approximate surface area is 177 Å². The summed E-state index contributed by atoms with van der Waals surface area (Å²) in [6, 6.07) is 7.13. The number of rotatable bonds is 4. The molecule has 1 aliphatic heterocycles. The van der Waals surface area contributed by atoms with Gasteiger partial charge in [0.05, 0.1) is 0 Å². The molecule has 1 aromatic carbocycles. The number of guanidine groups is 1. The highest BCUT2D eigenvalue weighted by Gasteiger charge is 2.21. The van der Waals surface area contributed by atoms with E-state index in [1.54, 1.807) is 31.2 Å². The van der Waals surface area contributed by atoms with Gasteiger partial charge >= 0.3 is 0 Å². The number of aliphatic imine (C=N–C) groups is 1. The van der Waals surface area contributed by atoms with Crippen molar-refractivity contribution in [3.05, 3.63) is 29.8 Å². The van der Waals surface area contributed by atoms with Gasteiger partial charge < -0.3 is 20.4 Å². The summed E-state index contributed by atoms with van der Waals surface area (Å²) in [5, 5.41) is 6.00. The van der Waals surface area contributed by atoms with E-state index < -0.39 is 0 Å². The van der Waals surface area contributed by atoms with Crippen molar-refractivity contribution in [2.75, 3.05) is 44.6 Å². The second-order valence-electron chi connectivity index (χ2n) is 5.94. The monoisotopic (exact) mass is 483 g/mol. The first kappa shape index (κ1) is 22.8. The highest BCUT2D eigenvalue weighted by atomic mass is 127. The van der Waals surface area contributed by atoms with Crippen molar-refractivity contribution in [1.29, 1.82) is 0 Å². The zero-order chi connectivity index (χ0) is 18.9. The number of piperazine rings is 1. The fraction of sp³-hybridized carbons (Fsp3) is 0.421. The van der Waals surface area contributed by atoms with Crippen LogP contribution in [0.15, 0.2) is 29.3 Å². The number of amides is 2. The summed E-state index contributed by atoms with van der Waals surface area (Å²) in [5.74, 6) is 3.09. The topological polar surface area (TPSA) is 77.0 Å². The van der Waals surface area contributed by atoms with Crippen LogP contribution in [-0.4, -0.2) is 66.8 Å². The first-order valence-electron chi connectivity index (χ1n) is 8.68.